The van der Waals surface area contributed by atoms with E-state index in [-0.39, 0.29) is 11.7 Å². The number of carbonyl (C=O) groups is 1. The molecule has 0 bridgehead atoms. The Balaban J connectivity index is 1.32. The van der Waals surface area contributed by atoms with Gasteiger partial charge in [0.2, 0.25) is 0 Å². The topological polar surface area (TPSA) is 71.7 Å². The summed E-state index contributed by atoms with van der Waals surface area (Å²) in [6.07, 6.45) is 3.97. The number of H-pyrrole nitrogens is 1. The van der Waals surface area contributed by atoms with Crippen molar-refractivity contribution in [2.75, 3.05) is 0 Å². The van der Waals surface area contributed by atoms with Crippen LogP contribution in [0.25, 0.3) is 22.8 Å². The quantitative estimate of drug-likeness (QED) is 0.431. The van der Waals surface area contributed by atoms with Crippen molar-refractivity contribution in [3.63, 3.8) is 0 Å². The van der Waals surface area contributed by atoms with E-state index in [2.05, 4.69) is 29.3 Å². The van der Waals surface area contributed by atoms with Crippen molar-refractivity contribution in [3.05, 3.63) is 107 Å². The zero-order chi connectivity index (χ0) is 23.2. The van der Waals surface area contributed by atoms with Gasteiger partial charge in [-0.3, -0.25) is 9.89 Å². The Labute approximate surface area is 195 Å². The first-order chi connectivity index (χ1) is 16.6. The first-order valence-corrected chi connectivity index (χ1v) is 11.0. The summed E-state index contributed by atoms with van der Waals surface area (Å²) in [7, 11) is 0. The number of amides is 1. The van der Waals surface area contributed by atoms with Gasteiger partial charge >= 0.3 is 0 Å². The Morgan fingerprint density at radius 3 is 2.53 bits per heavy atom. The SMILES string of the molecule is Cc1ccccc1-n1nc2c(c1-n1cccc1)CN(C(=O)c1cc(-c3ccc(F)cc3)n[nH]1)C2. The summed E-state index contributed by atoms with van der Waals surface area (Å²) in [5.74, 6) is 0.465. The molecule has 3 aromatic heterocycles. The molecular formula is C26H21FN6O. The van der Waals surface area contributed by atoms with Crippen LogP contribution in [-0.4, -0.2) is 35.4 Å². The van der Waals surface area contributed by atoms with Crippen molar-refractivity contribution in [3.8, 4) is 22.8 Å². The summed E-state index contributed by atoms with van der Waals surface area (Å²) in [5.41, 5.74) is 5.75. The Morgan fingerprint density at radius 1 is 1.00 bits per heavy atom. The van der Waals surface area contributed by atoms with Crippen LogP contribution in [-0.2, 0) is 13.1 Å². The summed E-state index contributed by atoms with van der Waals surface area (Å²) in [4.78, 5) is 15.0. The van der Waals surface area contributed by atoms with Crippen LogP contribution in [0.3, 0.4) is 0 Å². The highest BCUT2D eigenvalue weighted by atomic mass is 19.1. The van der Waals surface area contributed by atoms with Crippen molar-refractivity contribution >= 4 is 5.91 Å². The van der Waals surface area contributed by atoms with Gasteiger partial charge in [-0.15, -0.1) is 0 Å². The number of aryl methyl sites for hydroxylation is 1. The van der Waals surface area contributed by atoms with E-state index >= 15 is 0 Å². The molecule has 1 amide bonds. The molecule has 0 atom stereocenters. The van der Waals surface area contributed by atoms with Crippen LogP contribution >= 0.6 is 0 Å². The molecule has 168 valence electrons. The first-order valence-electron chi connectivity index (χ1n) is 11.0. The highest BCUT2D eigenvalue weighted by Crippen LogP contribution is 2.32. The maximum absolute atomic E-state index is 13.3. The molecule has 0 unspecified atom stereocenters. The minimum absolute atomic E-state index is 0.153. The lowest BCUT2D eigenvalue weighted by Gasteiger charge is -2.17. The number of nitrogens with zero attached hydrogens (tertiary/aromatic N) is 5. The van der Waals surface area contributed by atoms with Crippen molar-refractivity contribution in [2.45, 2.75) is 20.0 Å². The molecule has 0 radical (unpaired) electrons. The summed E-state index contributed by atoms with van der Waals surface area (Å²) >= 11 is 0. The number of carbonyl (C=O) groups excluding carboxylic acids is 1. The molecule has 6 rings (SSSR count). The highest BCUT2D eigenvalue weighted by molar-refractivity contribution is 5.93. The second kappa shape index (κ2) is 7.84. The number of hydrogen-bond donors (Lipinski definition) is 1. The second-order valence-corrected chi connectivity index (χ2v) is 8.37. The van der Waals surface area contributed by atoms with Gasteiger partial charge in [0.25, 0.3) is 5.91 Å². The van der Waals surface area contributed by atoms with Gasteiger partial charge in [0.1, 0.15) is 17.3 Å². The fourth-order valence-corrected chi connectivity index (χ4v) is 4.43. The van der Waals surface area contributed by atoms with Crippen molar-refractivity contribution < 1.29 is 9.18 Å². The molecular weight excluding hydrogens is 431 g/mol. The standard InChI is InChI=1S/C26H21FN6O/c1-17-6-2-3-7-24(17)33-25(31-12-4-5-13-31)20-15-32(16-23(20)30-33)26(34)22-14-21(28-29-22)18-8-10-19(27)11-9-18/h2-14H,15-16H2,1H3,(H,28,29). The van der Waals surface area contributed by atoms with E-state index in [1.807, 2.05) is 45.9 Å². The van der Waals surface area contributed by atoms with Gasteiger partial charge in [-0.25, -0.2) is 9.07 Å². The van der Waals surface area contributed by atoms with Crippen molar-refractivity contribution in [1.82, 2.24) is 29.4 Å². The van der Waals surface area contributed by atoms with Crippen molar-refractivity contribution in [2.24, 2.45) is 0 Å². The number of fused-ring (bicyclic) bond motifs is 1. The van der Waals surface area contributed by atoms with Crippen LogP contribution in [0.15, 0.2) is 79.1 Å². The van der Waals surface area contributed by atoms with Gasteiger partial charge in [-0.2, -0.15) is 10.2 Å². The first kappa shape index (κ1) is 20.2. The van der Waals surface area contributed by atoms with E-state index in [1.54, 1.807) is 23.1 Å². The normalized spacial score (nSPS) is 12.8. The molecule has 5 aromatic rings. The minimum atomic E-state index is -0.313. The minimum Gasteiger partial charge on any atom is -0.327 e. The number of rotatable bonds is 4. The number of aromatic nitrogens is 5. The van der Waals surface area contributed by atoms with Crippen LogP contribution in [0.2, 0.25) is 0 Å². The van der Waals surface area contributed by atoms with Gasteiger partial charge in [0.05, 0.1) is 30.2 Å². The lowest BCUT2D eigenvalue weighted by atomic mass is 10.1. The molecule has 0 fully saturated rings. The Bertz CT molecular complexity index is 1500. The number of aromatic amines is 1. The Kier molecular flexibility index (Phi) is 4.65. The van der Waals surface area contributed by atoms with Crippen LogP contribution in [0, 0.1) is 12.7 Å². The van der Waals surface area contributed by atoms with E-state index in [9.17, 15) is 9.18 Å². The monoisotopic (exact) mass is 452 g/mol. The number of para-hydroxylation sites is 1. The lowest BCUT2D eigenvalue weighted by molar-refractivity contribution is 0.0743. The molecule has 0 aliphatic carbocycles. The maximum Gasteiger partial charge on any atom is 0.272 e. The third-order valence-electron chi connectivity index (χ3n) is 6.16. The maximum atomic E-state index is 13.3. The Hall–Kier alpha value is -4.46. The average molecular weight is 452 g/mol. The fourth-order valence-electron chi connectivity index (χ4n) is 4.43. The third kappa shape index (κ3) is 3.31. The van der Waals surface area contributed by atoms with Gasteiger partial charge in [0.15, 0.2) is 0 Å². The molecule has 4 heterocycles. The molecule has 2 aromatic carbocycles. The molecule has 1 N–H and O–H groups in total. The van der Waals surface area contributed by atoms with Crippen LogP contribution in [0.5, 0.6) is 0 Å². The molecule has 1 aliphatic heterocycles. The van der Waals surface area contributed by atoms with Crippen LogP contribution in [0.4, 0.5) is 4.39 Å². The summed E-state index contributed by atoms with van der Waals surface area (Å²) < 4.78 is 17.2. The molecule has 8 heteroatoms. The number of benzene rings is 2. The van der Waals surface area contributed by atoms with E-state index < -0.39 is 0 Å². The highest BCUT2D eigenvalue weighted by Gasteiger charge is 2.32. The second-order valence-electron chi connectivity index (χ2n) is 8.37. The predicted octanol–water partition coefficient (Wildman–Crippen LogP) is 4.66. The van der Waals surface area contributed by atoms with E-state index in [1.165, 1.54) is 12.1 Å². The lowest BCUT2D eigenvalue weighted by Crippen LogP contribution is -2.26. The van der Waals surface area contributed by atoms with E-state index in [4.69, 9.17) is 5.10 Å². The van der Waals surface area contributed by atoms with Crippen LogP contribution < -0.4 is 0 Å². The van der Waals surface area contributed by atoms with Crippen molar-refractivity contribution in [1.29, 1.82) is 0 Å². The molecule has 34 heavy (non-hydrogen) atoms. The molecule has 0 saturated carbocycles. The summed E-state index contributed by atoms with van der Waals surface area (Å²) in [6, 6.07) is 19.8. The zero-order valence-corrected chi connectivity index (χ0v) is 18.4. The van der Waals surface area contributed by atoms with Gasteiger partial charge in [-0.05, 0) is 61.0 Å². The smallest absolute Gasteiger partial charge is 0.272 e. The van der Waals surface area contributed by atoms with Gasteiger partial charge in [0, 0.05) is 23.5 Å². The molecule has 1 aliphatic rings. The number of nitrogens with one attached hydrogen (secondary N) is 1. The predicted molar refractivity (Wildman–Crippen MR) is 125 cm³/mol. The third-order valence-corrected chi connectivity index (χ3v) is 6.16. The number of halogens is 1. The molecule has 7 nitrogen and oxygen atoms in total. The zero-order valence-electron chi connectivity index (χ0n) is 18.4. The summed E-state index contributed by atoms with van der Waals surface area (Å²) in [5, 5.41) is 12.0. The largest absolute Gasteiger partial charge is 0.327 e. The molecule has 0 spiro atoms. The molecule has 0 saturated heterocycles. The Morgan fingerprint density at radius 2 is 1.76 bits per heavy atom. The van der Waals surface area contributed by atoms with E-state index in [0.29, 0.717) is 24.5 Å². The van der Waals surface area contributed by atoms with Crippen LogP contribution in [0.1, 0.15) is 27.3 Å². The van der Waals surface area contributed by atoms with Gasteiger partial charge < -0.3 is 9.47 Å². The summed E-state index contributed by atoms with van der Waals surface area (Å²) in [6.45, 7) is 2.92. The number of hydrogen-bond acceptors (Lipinski definition) is 3. The average Bonchev–Trinajstić information content (AvgIpc) is 3.63. The van der Waals surface area contributed by atoms with Gasteiger partial charge in [-0.1, -0.05) is 18.2 Å². The van der Waals surface area contributed by atoms with E-state index in [0.717, 1.165) is 33.9 Å². The fraction of sp³-hybridized carbons (Fsp3) is 0.115.